The zero-order chi connectivity index (χ0) is 21.1. The van der Waals surface area contributed by atoms with E-state index in [0.29, 0.717) is 22.8 Å². The van der Waals surface area contributed by atoms with Crippen LogP contribution in [-0.2, 0) is 9.59 Å². The van der Waals surface area contributed by atoms with Crippen molar-refractivity contribution in [3.05, 3.63) is 101 Å². The maximum Gasteiger partial charge on any atom is 0.283 e. The summed E-state index contributed by atoms with van der Waals surface area (Å²) in [5, 5.41) is 0. The molecule has 3 aromatic rings. The average Bonchev–Trinajstić information content (AvgIpc) is 3.01. The zero-order valence-corrected chi connectivity index (χ0v) is 17.7. The van der Waals surface area contributed by atoms with Crippen LogP contribution in [0, 0.1) is 6.92 Å². The molecule has 3 aromatic carbocycles. The number of para-hydroxylation sites is 2. The highest BCUT2D eigenvalue weighted by atomic mass is 32.2. The predicted octanol–water partition coefficient (Wildman–Crippen LogP) is 5.40. The first kappa shape index (κ1) is 20.0. The number of hydrogen-bond donors (Lipinski definition) is 0. The number of aryl methyl sites for hydroxylation is 1. The van der Waals surface area contributed by atoms with Crippen molar-refractivity contribution in [2.45, 2.75) is 18.7 Å². The van der Waals surface area contributed by atoms with E-state index in [-0.39, 0.29) is 11.8 Å². The highest BCUT2D eigenvalue weighted by Crippen LogP contribution is 2.39. The minimum Gasteiger partial charge on any atom is -0.336 e. The van der Waals surface area contributed by atoms with Crippen LogP contribution >= 0.6 is 11.8 Å². The summed E-state index contributed by atoms with van der Waals surface area (Å²) in [6.45, 7) is 4.57. The minimum absolute atomic E-state index is 0.291. The van der Waals surface area contributed by atoms with Gasteiger partial charge in [-0.25, -0.2) is 4.90 Å². The van der Waals surface area contributed by atoms with Crippen molar-refractivity contribution >= 4 is 35.0 Å². The molecule has 0 unspecified atom stereocenters. The van der Waals surface area contributed by atoms with Gasteiger partial charge in [0, 0.05) is 17.1 Å². The van der Waals surface area contributed by atoms with E-state index < -0.39 is 0 Å². The van der Waals surface area contributed by atoms with Gasteiger partial charge in [-0.1, -0.05) is 65.9 Å². The number of carbonyl (C=O) groups excluding carboxylic acids is 2. The summed E-state index contributed by atoms with van der Waals surface area (Å²) >= 11 is 1.34. The molecular formula is C25H22N2O2S. The summed E-state index contributed by atoms with van der Waals surface area (Å²) < 4.78 is 0. The van der Waals surface area contributed by atoms with Crippen molar-refractivity contribution < 1.29 is 9.59 Å². The van der Waals surface area contributed by atoms with Gasteiger partial charge in [0.15, 0.2) is 0 Å². The Balaban J connectivity index is 1.82. The molecule has 1 aliphatic heterocycles. The molecule has 0 saturated heterocycles. The first-order chi connectivity index (χ1) is 14.6. The van der Waals surface area contributed by atoms with Gasteiger partial charge in [0.1, 0.15) is 10.6 Å². The van der Waals surface area contributed by atoms with Gasteiger partial charge in [-0.15, -0.1) is 0 Å². The highest BCUT2D eigenvalue weighted by molar-refractivity contribution is 8.04. The van der Waals surface area contributed by atoms with E-state index in [2.05, 4.69) is 0 Å². The molecule has 0 saturated carbocycles. The number of rotatable bonds is 6. The Morgan fingerprint density at radius 2 is 1.40 bits per heavy atom. The Bertz CT molecular complexity index is 1090. The molecule has 150 valence electrons. The Morgan fingerprint density at radius 3 is 2.00 bits per heavy atom. The summed E-state index contributed by atoms with van der Waals surface area (Å²) in [6.07, 6.45) is 0. The van der Waals surface area contributed by atoms with Crippen LogP contribution in [0.1, 0.15) is 12.5 Å². The number of imide groups is 1. The lowest BCUT2D eigenvalue weighted by molar-refractivity contribution is -0.120. The van der Waals surface area contributed by atoms with Crippen LogP contribution in [-0.4, -0.2) is 18.4 Å². The van der Waals surface area contributed by atoms with Gasteiger partial charge in [0.25, 0.3) is 11.8 Å². The number of hydrogen-bond acceptors (Lipinski definition) is 4. The van der Waals surface area contributed by atoms with E-state index in [4.69, 9.17) is 0 Å². The summed E-state index contributed by atoms with van der Waals surface area (Å²) in [5.41, 5.74) is 3.03. The Morgan fingerprint density at radius 1 is 0.800 bits per heavy atom. The van der Waals surface area contributed by atoms with Crippen molar-refractivity contribution in [1.29, 1.82) is 0 Å². The number of benzene rings is 3. The number of nitrogens with zero attached hydrogens (tertiary/aromatic N) is 2. The van der Waals surface area contributed by atoms with Crippen molar-refractivity contribution in [3.8, 4) is 0 Å². The van der Waals surface area contributed by atoms with Crippen LogP contribution in [0.4, 0.5) is 11.4 Å². The third-order valence-electron chi connectivity index (χ3n) is 4.93. The Hall–Kier alpha value is -3.31. The summed E-state index contributed by atoms with van der Waals surface area (Å²) in [5.74, 6) is -0.590. The number of amides is 2. The first-order valence-electron chi connectivity index (χ1n) is 9.85. The second kappa shape index (κ2) is 8.59. The van der Waals surface area contributed by atoms with Crippen molar-refractivity contribution in [2.75, 3.05) is 16.3 Å². The number of anilines is 2. The smallest absolute Gasteiger partial charge is 0.283 e. The number of likely N-dealkylation sites (N-methyl/N-ethyl adjacent to an activating group) is 1. The largest absolute Gasteiger partial charge is 0.336 e. The second-order valence-electron chi connectivity index (χ2n) is 6.95. The Labute approximate surface area is 180 Å². The standard InChI is InChI=1S/C25H22N2O2S/c1-3-26(19-10-6-4-7-11-19)22-23(30-21-16-14-18(2)15-17-21)25(29)27(24(22)28)20-12-8-5-9-13-20/h4-17H,3H2,1-2H3. The molecule has 1 heterocycles. The molecule has 0 spiro atoms. The fraction of sp³-hybridized carbons (Fsp3) is 0.120. The van der Waals surface area contributed by atoms with Crippen LogP contribution < -0.4 is 9.80 Å². The normalized spacial score (nSPS) is 13.9. The van der Waals surface area contributed by atoms with Crippen LogP contribution in [0.3, 0.4) is 0 Å². The maximum atomic E-state index is 13.5. The molecule has 0 fully saturated rings. The van der Waals surface area contributed by atoms with Gasteiger partial charge in [-0.2, -0.15) is 0 Å². The third-order valence-corrected chi connectivity index (χ3v) is 6.01. The number of carbonyl (C=O) groups is 2. The SMILES string of the molecule is CCN(C1=C(Sc2ccc(C)cc2)C(=O)N(c2ccccc2)C1=O)c1ccccc1. The van der Waals surface area contributed by atoms with Gasteiger partial charge in [-0.05, 0) is 50.2 Å². The molecule has 0 aromatic heterocycles. The third kappa shape index (κ3) is 3.76. The van der Waals surface area contributed by atoms with Crippen molar-refractivity contribution in [2.24, 2.45) is 0 Å². The molecule has 5 heteroatoms. The molecule has 2 amide bonds. The molecule has 4 rings (SSSR count). The molecule has 0 bridgehead atoms. The lowest BCUT2D eigenvalue weighted by Crippen LogP contribution is -2.35. The van der Waals surface area contributed by atoms with Gasteiger partial charge < -0.3 is 4.90 Å². The molecule has 0 atom stereocenters. The highest BCUT2D eigenvalue weighted by Gasteiger charge is 2.42. The van der Waals surface area contributed by atoms with Gasteiger partial charge >= 0.3 is 0 Å². The van der Waals surface area contributed by atoms with Gasteiger partial charge in [0.2, 0.25) is 0 Å². The monoisotopic (exact) mass is 414 g/mol. The Kier molecular flexibility index (Phi) is 5.72. The van der Waals surface area contributed by atoms with Crippen molar-refractivity contribution in [1.82, 2.24) is 0 Å². The van der Waals surface area contributed by atoms with E-state index in [1.54, 1.807) is 12.1 Å². The fourth-order valence-electron chi connectivity index (χ4n) is 3.44. The predicted molar refractivity (Wildman–Crippen MR) is 122 cm³/mol. The lowest BCUT2D eigenvalue weighted by Gasteiger charge is -2.24. The molecule has 1 aliphatic rings. The van der Waals surface area contributed by atoms with E-state index in [9.17, 15) is 9.59 Å². The second-order valence-corrected chi connectivity index (χ2v) is 8.04. The molecule has 4 nitrogen and oxygen atoms in total. The quantitative estimate of drug-likeness (QED) is 0.507. The van der Waals surface area contributed by atoms with Crippen LogP contribution in [0.2, 0.25) is 0 Å². The molecule has 0 N–H and O–H groups in total. The average molecular weight is 415 g/mol. The molecule has 0 aliphatic carbocycles. The first-order valence-corrected chi connectivity index (χ1v) is 10.7. The van der Waals surface area contributed by atoms with E-state index in [1.807, 2.05) is 91.5 Å². The van der Waals surface area contributed by atoms with Gasteiger partial charge in [0.05, 0.1) is 5.69 Å². The maximum absolute atomic E-state index is 13.5. The zero-order valence-electron chi connectivity index (χ0n) is 16.9. The van der Waals surface area contributed by atoms with Crippen LogP contribution in [0.15, 0.2) is 100 Å². The summed E-state index contributed by atoms with van der Waals surface area (Å²) in [4.78, 5) is 31.5. The van der Waals surface area contributed by atoms with Crippen LogP contribution in [0.5, 0.6) is 0 Å². The topological polar surface area (TPSA) is 40.6 Å². The number of thioether (sulfide) groups is 1. The molecule has 30 heavy (non-hydrogen) atoms. The van der Waals surface area contributed by atoms with Gasteiger partial charge in [-0.3, -0.25) is 9.59 Å². The minimum atomic E-state index is -0.300. The fourth-order valence-corrected chi connectivity index (χ4v) is 4.42. The molecular weight excluding hydrogens is 392 g/mol. The van der Waals surface area contributed by atoms with Crippen LogP contribution in [0.25, 0.3) is 0 Å². The molecule has 0 radical (unpaired) electrons. The van der Waals surface area contributed by atoms with E-state index in [1.165, 1.54) is 16.7 Å². The van der Waals surface area contributed by atoms with E-state index >= 15 is 0 Å². The lowest BCUT2D eigenvalue weighted by atomic mass is 10.2. The summed E-state index contributed by atoms with van der Waals surface area (Å²) in [6, 6.07) is 26.8. The van der Waals surface area contributed by atoms with E-state index in [0.717, 1.165) is 16.1 Å². The van der Waals surface area contributed by atoms with Crippen molar-refractivity contribution in [3.63, 3.8) is 0 Å². The summed E-state index contributed by atoms with van der Waals surface area (Å²) in [7, 11) is 0.